The minimum atomic E-state index is -1.98. The molecule has 0 amide bonds. The van der Waals surface area contributed by atoms with Crippen molar-refractivity contribution in [2.24, 2.45) is 5.73 Å². The molecule has 0 aliphatic heterocycles. The quantitative estimate of drug-likeness (QED) is 0.834. The van der Waals surface area contributed by atoms with Crippen LogP contribution in [0.1, 0.15) is 31.0 Å². The molecule has 0 aliphatic rings. The highest BCUT2D eigenvalue weighted by Crippen LogP contribution is 2.32. The molecule has 5 heteroatoms. The van der Waals surface area contributed by atoms with Crippen LogP contribution >= 0.6 is 0 Å². The Morgan fingerprint density at radius 1 is 1.50 bits per heavy atom. The van der Waals surface area contributed by atoms with Gasteiger partial charge in [0.15, 0.2) is 0 Å². The Labute approximate surface area is 91.9 Å². The van der Waals surface area contributed by atoms with Gasteiger partial charge < -0.3 is 10.8 Å². The number of rotatable bonds is 3. The summed E-state index contributed by atoms with van der Waals surface area (Å²) in [4.78, 5) is 10.7. The summed E-state index contributed by atoms with van der Waals surface area (Å²) in [6.45, 7) is 2.31. The summed E-state index contributed by atoms with van der Waals surface area (Å²) in [5.41, 5.74) is 3.05. The number of carbonyl (C=O) groups is 1. The third-order valence-corrected chi connectivity index (χ3v) is 2.24. The first-order valence-electron chi connectivity index (χ1n) is 4.71. The topological polar surface area (TPSA) is 63.3 Å². The van der Waals surface area contributed by atoms with E-state index in [9.17, 15) is 13.6 Å². The van der Waals surface area contributed by atoms with E-state index in [1.807, 2.05) is 0 Å². The van der Waals surface area contributed by atoms with Crippen molar-refractivity contribution in [3.63, 3.8) is 0 Å². The Balaban J connectivity index is 3.40. The average molecular weight is 229 g/mol. The fourth-order valence-corrected chi connectivity index (χ4v) is 1.56. The molecular weight excluding hydrogens is 216 g/mol. The number of carboxylic acids is 1. The summed E-state index contributed by atoms with van der Waals surface area (Å²) in [7, 11) is 0. The fraction of sp³-hybridized carbons (Fsp3) is 0.364. The first-order chi connectivity index (χ1) is 7.25. The van der Waals surface area contributed by atoms with Crippen molar-refractivity contribution in [2.75, 3.05) is 0 Å². The number of carboxylic acid groups (broad SMARTS) is 1. The lowest BCUT2D eigenvalue weighted by Gasteiger charge is -2.21. The van der Waals surface area contributed by atoms with Crippen molar-refractivity contribution in [1.82, 2.24) is 0 Å². The third kappa shape index (κ3) is 2.36. The number of alkyl halides is 1. The normalized spacial score (nSPS) is 13.6. The minimum absolute atomic E-state index is 0.0417. The molecule has 0 aromatic heterocycles. The van der Waals surface area contributed by atoms with Crippen molar-refractivity contribution in [2.45, 2.75) is 25.6 Å². The maximum atomic E-state index is 13.8. The van der Waals surface area contributed by atoms with Gasteiger partial charge in [-0.3, -0.25) is 4.79 Å². The van der Waals surface area contributed by atoms with Gasteiger partial charge >= 0.3 is 5.97 Å². The summed E-state index contributed by atoms with van der Waals surface area (Å²) < 4.78 is 27.3. The predicted molar refractivity (Wildman–Crippen MR) is 55.1 cm³/mol. The summed E-state index contributed by atoms with van der Waals surface area (Å²) in [6, 6.07) is 2.27. The molecule has 1 rings (SSSR count). The van der Waals surface area contributed by atoms with Crippen molar-refractivity contribution in [1.29, 1.82) is 0 Å². The van der Waals surface area contributed by atoms with E-state index in [2.05, 4.69) is 0 Å². The molecule has 0 saturated carbocycles. The highest BCUT2D eigenvalue weighted by Gasteiger charge is 2.30. The minimum Gasteiger partial charge on any atom is -0.480 e. The van der Waals surface area contributed by atoms with E-state index < -0.39 is 23.5 Å². The van der Waals surface area contributed by atoms with Crippen LogP contribution in [0.4, 0.5) is 8.78 Å². The summed E-state index contributed by atoms with van der Waals surface area (Å²) in [5, 5.41) is 8.75. The Morgan fingerprint density at radius 3 is 2.50 bits per heavy atom. The number of nitrogens with two attached hydrogens (primary N) is 1. The number of aliphatic carboxylic acids is 1. The second-order valence-electron chi connectivity index (χ2n) is 3.99. The van der Waals surface area contributed by atoms with Crippen LogP contribution < -0.4 is 5.73 Å². The monoisotopic (exact) mass is 229 g/mol. The first-order valence-corrected chi connectivity index (χ1v) is 4.71. The zero-order valence-electron chi connectivity index (χ0n) is 9.00. The van der Waals surface area contributed by atoms with E-state index >= 15 is 0 Å². The fourth-order valence-electron chi connectivity index (χ4n) is 1.56. The number of hydrogen-bond donors (Lipinski definition) is 2. The van der Waals surface area contributed by atoms with E-state index in [1.165, 1.54) is 12.1 Å². The molecule has 3 nitrogen and oxygen atoms in total. The van der Waals surface area contributed by atoms with Crippen LogP contribution in [0.15, 0.2) is 18.2 Å². The molecule has 0 radical (unpaired) electrons. The zero-order valence-corrected chi connectivity index (χ0v) is 9.00. The maximum absolute atomic E-state index is 13.8. The van der Waals surface area contributed by atoms with E-state index in [1.54, 1.807) is 0 Å². The van der Waals surface area contributed by atoms with Gasteiger partial charge in [-0.05, 0) is 25.5 Å². The van der Waals surface area contributed by atoms with Gasteiger partial charge in [0, 0.05) is 5.56 Å². The number of benzene rings is 1. The van der Waals surface area contributed by atoms with Gasteiger partial charge in [-0.1, -0.05) is 12.1 Å². The maximum Gasteiger partial charge on any atom is 0.325 e. The van der Waals surface area contributed by atoms with E-state index in [4.69, 9.17) is 10.8 Å². The molecule has 0 saturated heterocycles. The van der Waals surface area contributed by atoms with Crippen LogP contribution in [0, 0.1) is 5.82 Å². The van der Waals surface area contributed by atoms with Crippen molar-refractivity contribution >= 4 is 5.97 Å². The number of halogens is 2. The molecule has 1 unspecified atom stereocenters. The zero-order chi connectivity index (χ0) is 12.5. The van der Waals surface area contributed by atoms with Gasteiger partial charge in [0.2, 0.25) is 0 Å². The Kier molecular flexibility index (Phi) is 3.28. The van der Waals surface area contributed by atoms with Gasteiger partial charge in [-0.2, -0.15) is 0 Å². The molecule has 3 N–H and O–H groups in total. The van der Waals surface area contributed by atoms with E-state index in [0.717, 1.165) is 19.9 Å². The van der Waals surface area contributed by atoms with Gasteiger partial charge in [-0.15, -0.1) is 0 Å². The van der Waals surface area contributed by atoms with E-state index in [0.29, 0.717) is 0 Å². The van der Waals surface area contributed by atoms with E-state index in [-0.39, 0.29) is 11.1 Å². The Morgan fingerprint density at radius 2 is 2.06 bits per heavy atom. The molecule has 0 fully saturated rings. The third-order valence-electron chi connectivity index (χ3n) is 2.24. The van der Waals surface area contributed by atoms with Crippen LogP contribution in [0.2, 0.25) is 0 Å². The molecular formula is C11H13F2NO2. The largest absolute Gasteiger partial charge is 0.480 e. The number of hydrogen-bond acceptors (Lipinski definition) is 2. The summed E-state index contributed by atoms with van der Waals surface area (Å²) in [6.07, 6.45) is 0. The molecule has 0 bridgehead atoms. The van der Waals surface area contributed by atoms with Crippen molar-refractivity contribution in [3.8, 4) is 0 Å². The smallest absolute Gasteiger partial charge is 0.325 e. The highest BCUT2D eigenvalue weighted by molar-refractivity contribution is 5.76. The molecule has 0 spiro atoms. The van der Waals surface area contributed by atoms with Crippen LogP contribution in [0.5, 0.6) is 0 Å². The molecule has 88 valence electrons. The van der Waals surface area contributed by atoms with Crippen LogP contribution in [0.25, 0.3) is 0 Å². The highest BCUT2D eigenvalue weighted by atomic mass is 19.1. The van der Waals surface area contributed by atoms with Crippen molar-refractivity contribution < 1.29 is 18.7 Å². The lowest BCUT2D eigenvalue weighted by atomic mass is 9.90. The van der Waals surface area contributed by atoms with Crippen LogP contribution in [0.3, 0.4) is 0 Å². The molecule has 0 heterocycles. The van der Waals surface area contributed by atoms with Crippen LogP contribution in [-0.4, -0.2) is 11.1 Å². The molecule has 0 aliphatic carbocycles. The molecule has 1 atom stereocenters. The summed E-state index contributed by atoms with van der Waals surface area (Å²) in [5.74, 6) is -2.11. The standard InChI is InChI=1S/C11H13F2NO2/c1-11(2,13)8-6(9(14)10(15)16)4-3-5-7(8)12/h3-5,9H,14H2,1-2H3,(H,15,16). The average Bonchev–Trinajstić information content (AvgIpc) is 2.14. The summed E-state index contributed by atoms with van der Waals surface area (Å²) >= 11 is 0. The SMILES string of the molecule is CC(C)(F)c1c(F)cccc1C(N)C(=O)O. The van der Waals surface area contributed by atoms with Gasteiger partial charge in [-0.25, -0.2) is 8.78 Å². The van der Waals surface area contributed by atoms with Crippen LogP contribution in [-0.2, 0) is 10.5 Å². The Bertz CT molecular complexity index is 413. The van der Waals surface area contributed by atoms with Gasteiger partial charge in [0.25, 0.3) is 0 Å². The first kappa shape index (κ1) is 12.6. The second kappa shape index (κ2) is 4.17. The lowest BCUT2D eigenvalue weighted by Crippen LogP contribution is -2.26. The lowest BCUT2D eigenvalue weighted by molar-refractivity contribution is -0.138. The van der Waals surface area contributed by atoms with Crippen molar-refractivity contribution in [3.05, 3.63) is 35.1 Å². The second-order valence-corrected chi connectivity index (χ2v) is 3.99. The molecule has 1 aromatic rings. The molecule has 1 aromatic carbocycles. The molecule has 16 heavy (non-hydrogen) atoms. The predicted octanol–water partition coefficient (Wildman–Crippen LogP) is 2.11. The Hall–Kier alpha value is -1.49. The van der Waals surface area contributed by atoms with Gasteiger partial charge in [0.05, 0.1) is 0 Å². The van der Waals surface area contributed by atoms with Gasteiger partial charge in [0.1, 0.15) is 17.5 Å².